The Morgan fingerprint density at radius 1 is 1.12 bits per heavy atom. The summed E-state index contributed by atoms with van der Waals surface area (Å²) in [4.78, 5) is 4.63. The third-order valence-corrected chi connectivity index (χ3v) is 3.07. The fourth-order valence-electron chi connectivity index (χ4n) is 2.18. The van der Waals surface area contributed by atoms with E-state index in [0.717, 1.165) is 24.2 Å². The largest absolute Gasteiger partial charge is 0.508 e. The van der Waals surface area contributed by atoms with Gasteiger partial charge in [-0.3, -0.25) is 0 Å². The molecule has 0 aliphatic carbocycles. The number of phenolic OH excluding ortho intramolecular Hbond substituents is 1. The Hall–Kier alpha value is -1.29. The smallest absolute Gasteiger partial charge is 0.115 e. The quantitative estimate of drug-likeness (QED) is 0.877. The van der Waals surface area contributed by atoms with E-state index in [9.17, 15) is 5.11 Å². The molecule has 0 radical (unpaired) electrons. The van der Waals surface area contributed by atoms with Crippen molar-refractivity contribution in [1.29, 1.82) is 0 Å². The maximum absolute atomic E-state index is 9.24. The summed E-state index contributed by atoms with van der Waals surface area (Å²) < 4.78 is 2.24. The fourth-order valence-corrected chi connectivity index (χ4v) is 2.18. The summed E-state index contributed by atoms with van der Waals surface area (Å²) >= 11 is 0. The highest BCUT2D eigenvalue weighted by molar-refractivity contribution is 8.93. The fraction of sp³-hybridized carbons (Fsp3) is 0.308. The average molecular weight is 295 g/mol. The third-order valence-electron chi connectivity index (χ3n) is 3.07. The summed E-state index contributed by atoms with van der Waals surface area (Å²) in [6.07, 6.45) is 5.68. The van der Waals surface area contributed by atoms with Gasteiger partial charge in [-0.2, -0.15) is 0 Å². The van der Waals surface area contributed by atoms with Gasteiger partial charge in [-0.05, 0) is 37.1 Å². The normalized spacial score (nSPS) is 13.9. The highest BCUT2D eigenvalue weighted by Gasteiger charge is 2.12. The van der Waals surface area contributed by atoms with Gasteiger partial charge in [0.2, 0.25) is 0 Å². The minimum absolute atomic E-state index is 0. The van der Waals surface area contributed by atoms with E-state index in [2.05, 4.69) is 15.7 Å². The van der Waals surface area contributed by atoms with Crippen molar-refractivity contribution in [2.75, 3.05) is 0 Å². The zero-order valence-corrected chi connectivity index (χ0v) is 11.2. The number of fused-ring (bicyclic) bond motifs is 1. The van der Waals surface area contributed by atoms with Crippen molar-refractivity contribution in [3.05, 3.63) is 36.3 Å². The van der Waals surface area contributed by atoms with Crippen LogP contribution in [0, 0.1) is 0 Å². The number of aryl methyl sites for hydroxylation is 2. The lowest BCUT2D eigenvalue weighted by atomic mass is 10.2. The highest BCUT2D eigenvalue weighted by Crippen LogP contribution is 2.23. The Kier molecular flexibility index (Phi) is 3.52. The molecule has 1 aromatic carbocycles. The molecule has 0 unspecified atom stereocenters. The molecule has 0 spiro atoms. The van der Waals surface area contributed by atoms with Crippen molar-refractivity contribution in [3.63, 3.8) is 0 Å². The van der Waals surface area contributed by atoms with Crippen LogP contribution in [0.1, 0.15) is 18.7 Å². The van der Waals surface area contributed by atoms with Crippen LogP contribution in [-0.4, -0.2) is 14.7 Å². The summed E-state index contributed by atoms with van der Waals surface area (Å²) in [6.45, 7) is 1.08. The summed E-state index contributed by atoms with van der Waals surface area (Å²) in [5.74, 6) is 1.49. The number of rotatable bonds is 1. The Labute approximate surface area is 111 Å². The maximum Gasteiger partial charge on any atom is 0.115 e. The number of hydrogen-bond donors (Lipinski definition) is 1. The van der Waals surface area contributed by atoms with Gasteiger partial charge in [0.05, 0.1) is 5.69 Å². The number of nitrogens with zero attached hydrogens (tertiary/aromatic N) is 2. The van der Waals surface area contributed by atoms with Gasteiger partial charge >= 0.3 is 0 Å². The van der Waals surface area contributed by atoms with Crippen LogP contribution >= 0.6 is 17.0 Å². The molecule has 2 heterocycles. The molecule has 4 heteroatoms. The van der Waals surface area contributed by atoms with Gasteiger partial charge in [0.15, 0.2) is 0 Å². The number of hydrogen-bond acceptors (Lipinski definition) is 2. The monoisotopic (exact) mass is 294 g/mol. The van der Waals surface area contributed by atoms with Gasteiger partial charge in [-0.1, -0.05) is 0 Å². The first kappa shape index (κ1) is 12.2. The van der Waals surface area contributed by atoms with E-state index in [-0.39, 0.29) is 17.0 Å². The number of imidazole rings is 1. The predicted octanol–water partition coefficient (Wildman–Crippen LogP) is 3.17. The molecule has 1 aliphatic heterocycles. The molecule has 3 rings (SSSR count). The van der Waals surface area contributed by atoms with Crippen LogP contribution in [0.25, 0.3) is 11.3 Å². The van der Waals surface area contributed by atoms with E-state index in [0.29, 0.717) is 5.75 Å². The Bertz CT molecular complexity index is 481. The molecule has 90 valence electrons. The molecule has 0 fully saturated rings. The van der Waals surface area contributed by atoms with Crippen molar-refractivity contribution >= 4 is 17.0 Å². The molecule has 1 N–H and O–H groups in total. The molecule has 0 saturated heterocycles. The minimum Gasteiger partial charge on any atom is -0.508 e. The van der Waals surface area contributed by atoms with Crippen molar-refractivity contribution in [2.45, 2.75) is 25.8 Å². The molecular weight excluding hydrogens is 280 g/mol. The molecule has 0 amide bonds. The predicted molar refractivity (Wildman–Crippen MR) is 72.6 cm³/mol. The lowest BCUT2D eigenvalue weighted by Gasteiger charge is -2.11. The second kappa shape index (κ2) is 4.92. The van der Waals surface area contributed by atoms with Gasteiger partial charge < -0.3 is 9.67 Å². The first-order chi connectivity index (χ1) is 7.83. The van der Waals surface area contributed by atoms with Gasteiger partial charge in [-0.15, -0.1) is 17.0 Å². The first-order valence-electron chi connectivity index (χ1n) is 5.68. The number of aromatic nitrogens is 2. The molecule has 0 atom stereocenters. The molecule has 0 bridgehead atoms. The molecule has 1 aliphatic rings. The van der Waals surface area contributed by atoms with Crippen molar-refractivity contribution < 1.29 is 5.11 Å². The third kappa shape index (κ3) is 2.36. The standard InChI is InChI=1S/C13H14N2O.BrH/c16-11-6-4-10(5-7-11)12-9-15-8-2-1-3-13(15)14-12;/h4-7,9,16H,1-3,8H2;1H. The molecule has 2 aromatic rings. The topological polar surface area (TPSA) is 38.0 Å². The molecule has 1 aromatic heterocycles. The molecular formula is C13H15BrN2O. The summed E-state index contributed by atoms with van der Waals surface area (Å²) in [5, 5.41) is 9.24. The highest BCUT2D eigenvalue weighted by atomic mass is 79.9. The summed E-state index contributed by atoms with van der Waals surface area (Å²) in [5.41, 5.74) is 2.08. The zero-order valence-electron chi connectivity index (χ0n) is 9.47. The Balaban J connectivity index is 0.00000108. The van der Waals surface area contributed by atoms with Gasteiger partial charge in [0, 0.05) is 24.7 Å². The lowest BCUT2D eigenvalue weighted by molar-refractivity contribution is 0.475. The van der Waals surface area contributed by atoms with Crippen LogP contribution in [0.5, 0.6) is 5.75 Å². The number of aromatic hydroxyl groups is 1. The number of phenols is 1. The van der Waals surface area contributed by atoms with Crippen LogP contribution < -0.4 is 0 Å². The van der Waals surface area contributed by atoms with Crippen molar-refractivity contribution in [1.82, 2.24) is 9.55 Å². The maximum atomic E-state index is 9.24. The van der Waals surface area contributed by atoms with Crippen LogP contribution in [0.3, 0.4) is 0 Å². The van der Waals surface area contributed by atoms with Crippen LogP contribution in [-0.2, 0) is 13.0 Å². The Morgan fingerprint density at radius 2 is 1.88 bits per heavy atom. The second-order valence-corrected chi connectivity index (χ2v) is 4.24. The summed E-state index contributed by atoms with van der Waals surface area (Å²) in [6, 6.07) is 7.22. The number of benzene rings is 1. The first-order valence-corrected chi connectivity index (χ1v) is 5.68. The van der Waals surface area contributed by atoms with E-state index >= 15 is 0 Å². The molecule has 17 heavy (non-hydrogen) atoms. The average Bonchev–Trinajstić information content (AvgIpc) is 2.73. The van der Waals surface area contributed by atoms with Crippen LogP contribution in [0.15, 0.2) is 30.5 Å². The van der Waals surface area contributed by atoms with Crippen molar-refractivity contribution in [3.8, 4) is 17.0 Å². The van der Waals surface area contributed by atoms with E-state index in [1.54, 1.807) is 12.1 Å². The van der Waals surface area contributed by atoms with Gasteiger partial charge in [-0.25, -0.2) is 4.98 Å². The molecule has 0 saturated carbocycles. The lowest BCUT2D eigenvalue weighted by Crippen LogP contribution is -2.08. The van der Waals surface area contributed by atoms with E-state index in [1.807, 2.05) is 12.1 Å². The Morgan fingerprint density at radius 3 is 2.59 bits per heavy atom. The van der Waals surface area contributed by atoms with Crippen LogP contribution in [0.2, 0.25) is 0 Å². The number of halogens is 1. The van der Waals surface area contributed by atoms with E-state index in [1.165, 1.54) is 18.7 Å². The minimum atomic E-state index is 0. The van der Waals surface area contributed by atoms with Gasteiger partial charge in [0.1, 0.15) is 11.6 Å². The SMILES string of the molecule is Br.Oc1ccc(-c2cn3c(n2)CCCC3)cc1. The van der Waals surface area contributed by atoms with E-state index in [4.69, 9.17) is 0 Å². The van der Waals surface area contributed by atoms with Crippen molar-refractivity contribution in [2.24, 2.45) is 0 Å². The zero-order chi connectivity index (χ0) is 11.0. The second-order valence-electron chi connectivity index (χ2n) is 4.24. The van der Waals surface area contributed by atoms with Crippen LogP contribution in [0.4, 0.5) is 0 Å². The van der Waals surface area contributed by atoms with E-state index < -0.39 is 0 Å². The summed E-state index contributed by atoms with van der Waals surface area (Å²) in [7, 11) is 0. The van der Waals surface area contributed by atoms with Gasteiger partial charge in [0.25, 0.3) is 0 Å². The molecule has 3 nitrogen and oxygen atoms in total.